The van der Waals surface area contributed by atoms with Crippen molar-refractivity contribution in [2.24, 2.45) is 0 Å². The lowest BCUT2D eigenvalue weighted by molar-refractivity contribution is -0.369. The van der Waals surface area contributed by atoms with Crippen LogP contribution in [0, 0.1) is 0 Å². The second kappa shape index (κ2) is 18.4. The van der Waals surface area contributed by atoms with Crippen LogP contribution in [-0.2, 0) is 57.1 Å². The quantitative estimate of drug-likeness (QED) is 0.0823. The second-order valence-electron chi connectivity index (χ2n) is 12.9. The van der Waals surface area contributed by atoms with Crippen LogP contribution >= 0.6 is 0 Å². The molecular weight excluding hydrogens is 744 g/mol. The number of carbonyl (C=O) groups is 4. The maximum absolute atomic E-state index is 12.5. The molecule has 0 aromatic carbocycles. The summed E-state index contributed by atoms with van der Waals surface area (Å²) in [5.74, 6) is -5.14. The van der Waals surface area contributed by atoms with Gasteiger partial charge in [-0.3, -0.25) is 9.59 Å². The highest BCUT2D eigenvalue weighted by molar-refractivity contribution is 5.74. The van der Waals surface area contributed by atoms with Crippen molar-refractivity contribution < 1.29 is 113 Å². The Morgan fingerprint density at radius 3 is 1.35 bits per heavy atom. The van der Waals surface area contributed by atoms with Gasteiger partial charge in [0, 0.05) is 21.0 Å². The van der Waals surface area contributed by atoms with Crippen LogP contribution < -0.4 is 10.6 Å². The number of carboxylic acids is 2. The number of aliphatic hydroxyl groups is 9. The third-order valence-corrected chi connectivity index (χ3v) is 9.15. The second-order valence-corrected chi connectivity index (χ2v) is 12.9. The molecule has 0 radical (unpaired) electrons. The Labute approximate surface area is 304 Å². The van der Waals surface area contributed by atoms with Crippen molar-refractivity contribution in [3.05, 3.63) is 0 Å². The van der Waals surface area contributed by atoms with Gasteiger partial charge in [-0.2, -0.15) is 0 Å². The van der Waals surface area contributed by atoms with Crippen LogP contribution in [0.4, 0.5) is 0 Å². The molecule has 54 heavy (non-hydrogen) atoms. The summed E-state index contributed by atoms with van der Waals surface area (Å²) in [4.78, 5) is 48.5. The number of nitrogens with one attached hydrogen (secondary N) is 2. The van der Waals surface area contributed by atoms with E-state index in [1.165, 1.54) is 7.11 Å². The highest BCUT2D eigenvalue weighted by Crippen LogP contribution is 2.35. The van der Waals surface area contributed by atoms with Crippen LogP contribution in [0.15, 0.2) is 0 Å². The molecule has 0 spiro atoms. The monoisotopic (exact) mass is 790 g/mol. The normalized spacial score (nSPS) is 45.6. The zero-order valence-electron chi connectivity index (χ0n) is 28.8. The van der Waals surface area contributed by atoms with Gasteiger partial charge in [0.25, 0.3) is 0 Å². The SMILES string of the molecule is CO[C@@H]1O[C@H](CO)[C@@H](O)[C@H](O[C@@H]2O[C@H](C(=O)O)[C@@H](O[C@@H]3O[C@H](CO)[C@@H](O)[C@H](O[C@@H]4O[C@H](C(=O)O)[C@@H](O)[C@H](O)[C@H]4O)[C@H]3NC(C)=O)[C@H](O)[C@H]2O)[C@H]1NC(C)=O. The zero-order chi connectivity index (χ0) is 40.3. The molecule has 0 aliphatic carbocycles. The van der Waals surface area contributed by atoms with Crippen molar-refractivity contribution in [2.75, 3.05) is 20.3 Å². The largest absolute Gasteiger partial charge is 0.479 e. The first-order valence-corrected chi connectivity index (χ1v) is 16.5. The lowest BCUT2D eigenvalue weighted by atomic mass is 9.94. The smallest absolute Gasteiger partial charge is 0.335 e. The lowest BCUT2D eigenvalue weighted by Gasteiger charge is -2.49. The predicted octanol–water partition coefficient (Wildman–Crippen LogP) is -8.62. The molecule has 0 saturated carbocycles. The molecule has 0 aromatic heterocycles. The third kappa shape index (κ3) is 9.24. The fourth-order valence-electron chi connectivity index (χ4n) is 6.48. The summed E-state index contributed by atoms with van der Waals surface area (Å²) in [5, 5.41) is 119. The van der Waals surface area contributed by atoms with Gasteiger partial charge in [-0.1, -0.05) is 0 Å². The Bertz CT molecular complexity index is 1310. The minimum absolute atomic E-state index is 0.661. The highest BCUT2D eigenvalue weighted by atomic mass is 16.8. The molecule has 310 valence electrons. The molecule has 25 heteroatoms. The first kappa shape index (κ1) is 43.9. The first-order chi connectivity index (χ1) is 25.4. The number of carbonyl (C=O) groups excluding carboxylic acids is 2. The molecule has 4 saturated heterocycles. The summed E-state index contributed by atoms with van der Waals surface area (Å²) in [6.45, 7) is 0.294. The number of methoxy groups -OCH3 is 1. The first-order valence-electron chi connectivity index (χ1n) is 16.5. The Kier molecular flexibility index (Phi) is 15.0. The molecule has 25 nitrogen and oxygen atoms in total. The van der Waals surface area contributed by atoms with Crippen molar-refractivity contribution in [1.29, 1.82) is 0 Å². The van der Waals surface area contributed by atoms with Gasteiger partial charge in [-0.15, -0.1) is 0 Å². The summed E-state index contributed by atoms with van der Waals surface area (Å²) in [7, 11) is 1.17. The summed E-state index contributed by atoms with van der Waals surface area (Å²) in [6.07, 6.45) is -35.4. The molecule has 0 bridgehead atoms. The molecule has 20 atom stereocenters. The minimum Gasteiger partial charge on any atom is -0.479 e. The van der Waals surface area contributed by atoms with Gasteiger partial charge in [0.2, 0.25) is 11.8 Å². The van der Waals surface area contributed by atoms with Crippen molar-refractivity contribution in [1.82, 2.24) is 10.6 Å². The van der Waals surface area contributed by atoms with Gasteiger partial charge in [0.05, 0.1) is 13.2 Å². The Balaban J connectivity index is 1.62. The summed E-state index contributed by atoms with van der Waals surface area (Å²) in [5.41, 5.74) is 0. The molecule has 4 fully saturated rings. The molecule has 4 aliphatic heterocycles. The van der Waals surface area contributed by atoms with E-state index in [9.17, 15) is 75.3 Å². The van der Waals surface area contributed by atoms with Crippen LogP contribution in [0.5, 0.6) is 0 Å². The topological polar surface area (TPSA) is 389 Å². The van der Waals surface area contributed by atoms with Gasteiger partial charge in [0.1, 0.15) is 85.3 Å². The minimum atomic E-state index is -2.27. The number of hydrogen-bond donors (Lipinski definition) is 13. The van der Waals surface area contributed by atoms with E-state index in [0.717, 1.165) is 13.8 Å². The van der Waals surface area contributed by atoms with E-state index < -0.39 is 160 Å². The molecule has 4 aliphatic rings. The van der Waals surface area contributed by atoms with Crippen LogP contribution in [-0.4, -0.2) is 223 Å². The van der Waals surface area contributed by atoms with Gasteiger partial charge in [-0.05, 0) is 0 Å². The van der Waals surface area contributed by atoms with E-state index in [1.807, 2.05) is 0 Å². The number of aliphatic carboxylic acids is 2. The van der Waals surface area contributed by atoms with E-state index in [4.69, 9.17) is 37.9 Å². The highest BCUT2D eigenvalue weighted by Gasteiger charge is 2.57. The van der Waals surface area contributed by atoms with Gasteiger partial charge < -0.3 is 105 Å². The van der Waals surface area contributed by atoms with E-state index >= 15 is 0 Å². The number of carboxylic acid groups (broad SMARTS) is 2. The Morgan fingerprint density at radius 1 is 0.519 bits per heavy atom. The summed E-state index contributed by atoms with van der Waals surface area (Å²) >= 11 is 0. The lowest BCUT2D eigenvalue weighted by Crippen LogP contribution is -2.70. The van der Waals surface area contributed by atoms with Crippen LogP contribution in [0.2, 0.25) is 0 Å². The number of ether oxygens (including phenoxy) is 8. The number of hydrogen-bond acceptors (Lipinski definition) is 21. The maximum Gasteiger partial charge on any atom is 0.335 e. The maximum atomic E-state index is 12.5. The standard InChI is InChI=1S/C29H46N2O23/c1-6(34)30-10-19(12(36)8(4-32)48-26(10)47-3)50-29-18(42)16(40)21(23(54-29)25(45)46)52-27-11(31-7(2)35)20(13(37)9(5-33)49-27)51-28-17(41)14(38)15(39)22(53-28)24(43)44/h8-23,26-29,32-33,36-42H,4-5H2,1-3H3,(H,30,34)(H,31,35)(H,43,44)(H,45,46)/t8-,9-,10-,11-,12-,13-,14+,15+,16-,17-,18-,19-,20-,21+,22+,23+,26-,27+,28-,29-/m1/s1. The van der Waals surface area contributed by atoms with E-state index in [2.05, 4.69) is 10.6 Å². The van der Waals surface area contributed by atoms with E-state index in [-0.39, 0.29) is 0 Å². The Morgan fingerprint density at radius 2 is 0.926 bits per heavy atom. The predicted molar refractivity (Wildman–Crippen MR) is 163 cm³/mol. The van der Waals surface area contributed by atoms with Crippen molar-refractivity contribution in [3.63, 3.8) is 0 Å². The van der Waals surface area contributed by atoms with Crippen molar-refractivity contribution in [3.8, 4) is 0 Å². The van der Waals surface area contributed by atoms with Gasteiger partial charge in [0.15, 0.2) is 37.4 Å². The van der Waals surface area contributed by atoms with E-state index in [1.54, 1.807) is 0 Å². The third-order valence-electron chi connectivity index (χ3n) is 9.15. The number of rotatable bonds is 13. The van der Waals surface area contributed by atoms with Gasteiger partial charge in [-0.25, -0.2) is 9.59 Å². The van der Waals surface area contributed by atoms with E-state index in [0.29, 0.717) is 0 Å². The van der Waals surface area contributed by atoms with Crippen LogP contribution in [0.1, 0.15) is 13.8 Å². The molecular formula is C29H46N2O23. The molecule has 0 unspecified atom stereocenters. The summed E-state index contributed by atoms with van der Waals surface area (Å²) in [6, 6.07) is -3.13. The average Bonchev–Trinajstić information content (AvgIpc) is 3.10. The molecule has 13 N–H and O–H groups in total. The number of amides is 2. The zero-order valence-corrected chi connectivity index (χ0v) is 28.8. The van der Waals surface area contributed by atoms with Crippen molar-refractivity contribution in [2.45, 2.75) is 137 Å². The fourth-order valence-corrected chi connectivity index (χ4v) is 6.48. The fraction of sp³-hybridized carbons (Fsp3) is 0.862. The molecule has 2 amide bonds. The summed E-state index contributed by atoms with van der Waals surface area (Å²) < 4.78 is 43.9. The van der Waals surface area contributed by atoms with Crippen LogP contribution in [0.3, 0.4) is 0 Å². The molecule has 4 rings (SSSR count). The average molecular weight is 791 g/mol. The molecule has 0 aromatic rings. The van der Waals surface area contributed by atoms with Crippen molar-refractivity contribution >= 4 is 23.8 Å². The Hall–Kier alpha value is -2.80. The molecule has 4 heterocycles. The number of aliphatic hydroxyl groups excluding tert-OH is 9. The van der Waals surface area contributed by atoms with Gasteiger partial charge >= 0.3 is 11.9 Å². The van der Waals surface area contributed by atoms with Crippen LogP contribution in [0.25, 0.3) is 0 Å².